The van der Waals surface area contributed by atoms with E-state index in [0.717, 1.165) is 11.6 Å². The standard InChI is InChI=1S/C16H23N7O2/c1-3-23-12(4-5-17-23)16(25)21-6-7-22-14(10-21)18-19-15(22)13-8-11(24)9-20(13)2/h4-5,11,13,24H,3,6-10H2,1-2H3/t11-,13+/m1/s1. The summed E-state index contributed by atoms with van der Waals surface area (Å²) in [6.45, 7) is 5.01. The fourth-order valence-electron chi connectivity index (χ4n) is 3.80. The minimum absolute atomic E-state index is 0.0245. The highest BCUT2D eigenvalue weighted by Crippen LogP contribution is 2.30. The Morgan fingerprint density at radius 1 is 1.36 bits per heavy atom. The van der Waals surface area contributed by atoms with E-state index in [1.165, 1.54) is 0 Å². The maximum atomic E-state index is 12.8. The topological polar surface area (TPSA) is 92.3 Å². The van der Waals surface area contributed by atoms with Crippen molar-refractivity contribution in [3.63, 3.8) is 0 Å². The molecule has 9 nitrogen and oxygen atoms in total. The number of aromatic nitrogens is 5. The van der Waals surface area contributed by atoms with Gasteiger partial charge in [0.1, 0.15) is 5.69 Å². The predicted octanol–water partition coefficient (Wildman–Crippen LogP) is -0.112. The Morgan fingerprint density at radius 3 is 2.92 bits per heavy atom. The molecule has 1 N–H and O–H groups in total. The molecule has 134 valence electrons. The molecule has 2 aliphatic rings. The van der Waals surface area contributed by atoms with Crippen LogP contribution in [0.15, 0.2) is 12.3 Å². The van der Waals surface area contributed by atoms with Gasteiger partial charge in [-0.05, 0) is 26.5 Å². The Hall–Kier alpha value is -2.26. The molecule has 2 aromatic heterocycles. The van der Waals surface area contributed by atoms with Crippen LogP contribution in [0.4, 0.5) is 0 Å². The van der Waals surface area contributed by atoms with E-state index in [2.05, 4.69) is 24.8 Å². The van der Waals surface area contributed by atoms with Crippen LogP contribution in [0.3, 0.4) is 0 Å². The zero-order chi connectivity index (χ0) is 17.6. The van der Waals surface area contributed by atoms with Gasteiger partial charge in [-0.1, -0.05) is 0 Å². The lowest BCUT2D eigenvalue weighted by Crippen LogP contribution is -2.40. The summed E-state index contributed by atoms with van der Waals surface area (Å²) in [5.41, 5.74) is 0.606. The molecule has 9 heteroatoms. The van der Waals surface area contributed by atoms with Crippen molar-refractivity contribution in [3.8, 4) is 0 Å². The molecule has 0 aromatic carbocycles. The van der Waals surface area contributed by atoms with Gasteiger partial charge in [-0.3, -0.25) is 14.4 Å². The summed E-state index contributed by atoms with van der Waals surface area (Å²) in [4.78, 5) is 16.7. The lowest BCUT2D eigenvalue weighted by Gasteiger charge is -2.29. The second kappa shape index (κ2) is 6.23. The van der Waals surface area contributed by atoms with Gasteiger partial charge < -0.3 is 14.6 Å². The van der Waals surface area contributed by atoms with Crippen LogP contribution in [0.2, 0.25) is 0 Å². The number of nitrogens with zero attached hydrogens (tertiary/aromatic N) is 7. The number of hydrogen-bond acceptors (Lipinski definition) is 6. The Morgan fingerprint density at radius 2 is 2.20 bits per heavy atom. The molecule has 2 aliphatic heterocycles. The second-order valence-corrected chi connectivity index (χ2v) is 6.73. The number of fused-ring (bicyclic) bond motifs is 1. The average molecular weight is 345 g/mol. The van der Waals surface area contributed by atoms with Crippen LogP contribution < -0.4 is 0 Å². The van der Waals surface area contributed by atoms with Crippen LogP contribution in [-0.2, 0) is 19.6 Å². The predicted molar refractivity (Wildman–Crippen MR) is 88.7 cm³/mol. The Kier molecular flexibility index (Phi) is 4.04. The van der Waals surface area contributed by atoms with Crippen LogP contribution in [0.1, 0.15) is 41.5 Å². The zero-order valence-electron chi connectivity index (χ0n) is 14.5. The van der Waals surface area contributed by atoms with E-state index in [0.29, 0.717) is 44.8 Å². The molecule has 2 aromatic rings. The Balaban J connectivity index is 1.54. The lowest BCUT2D eigenvalue weighted by molar-refractivity contribution is 0.0692. The minimum atomic E-state index is -0.320. The number of likely N-dealkylation sites (tertiary alicyclic amines) is 1. The third kappa shape index (κ3) is 2.73. The fourth-order valence-corrected chi connectivity index (χ4v) is 3.80. The number of aliphatic hydroxyl groups is 1. The molecule has 1 fully saturated rings. The van der Waals surface area contributed by atoms with Gasteiger partial charge >= 0.3 is 0 Å². The number of hydrogen-bond donors (Lipinski definition) is 1. The van der Waals surface area contributed by atoms with E-state index in [4.69, 9.17) is 0 Å². The van der Waals surface area contributed by atoms with E-state index in [-0.39, 0.29) is 18.1 Å². The molecule has 0 spiro atoms. The molecule has 0 saturated carbocycles. The van der Waals surface area contributed by atoms with Crippen LogP contribution in [0.25, 0.3) is 0 Å². The minimum Gasteiger partial charge on any atom is -0.392 e. The molecule has 2 atom stereocenters. The van der Waals surface area contributed by atoms with Gasteiger partial charge in [0, 0.05) is 32.4 Å². The van der Waals surface area contributed by atoms with Gasteiger partial charge in [0.2, 0.25) is 0 Å². The largest absolute Gasteiger partial charge is 0.392 e. The monoisotopic (exact) mass is 345 g/mol. The Bertz CT molecular complexity index is 783. The van der Waals surface area contributed by atoms with Crippen molar-refractivity contribution >= 4 is 5.91 Å². The van der Waals surface area contributed by atoms with Gasteiger partial charge in [-0.15, -0.1) is 10.2 Å². The third-order valence-corrected chi connectivity index (χ3v) is 5.13. The summed E-state index contributed by atoms with van der Waals surface area (Å²) in [7, 11) is 1.99. The maximum Gasteiger partial charge on any atom is 0.272 e. The highest BCUT2D eigenvalue weighted by Gasteiger charge is 2.35. The van der Waals surface area contributed by atoms with Crippen LogP contribution in [-0.4, -0.2) is 71.6 Å². The summed E-state index contributed by atoms with van der Waals surface area (Å²) in [5.74, 6) is 1.66. The molecule has 1 saturated heterocycles. The molecule has 0 aliphatic carbocycles. The molecule has 0 bridgehead atoms. The fraction of sp³-hybridized carbons (Fsp3) is 0.625. The molecule has 4 rings (SSSR count). The highest BCUT2D eigenvalue weighted by molar-refractivity contribution is 5.92. The van der Waals surface area contributed by atoms with Crippen LogP contribution >= 0.6 is 0 Å². The van der Waals surface area contributed by atoms with Gasteiger partial charge in [-0.25, -0.2) is 0 Å². The molecule has 4 heterocycles. The first-order valence-electron chi connectivity index (χ1n) is 8.69. The maximum absolute atomic E-state index is 12.8. The number of likely N-dealkylation sites (N-methyl/N-ethyl adjacent to an activating group) is 1. The summed E-state index contributed by atoms with van der Waals surface area (Å²) in [5, 5.41) is 22.7. The van der Waals surface area contributed by atoms with Gasteiger partial charge in [0.15, 0.2) is 11.6 Å². The first-order valence-corrected chi connectivity index (χ1v) is 8.69. The van der Waals surface area contributed by atoms with E-state index in [1.807, 2.05) is 14.0 Å². The molecule has 0 radical (unpaired) electrons. The number of β-amino-alcohol motifs (C(OH)–C–C–N with tert-alkyl or cyclic N) is 1. The highest BCUT2D eigenvalue weighted by atomic mass is 16.3. The molecular weight excluding hydrogens is 322 g/mol. The normalized spacial score (nSPS) is 23.9. The number of rotatable bonds is 3. The second-order valence-electron chi connectivity index (χ2n) is 6.73. The Labute approximate surface area is 145 Å². The van der Waals surface area contributed by atoms with Crippen molar-refractivity contribution in [2.24, 2.45) is 0 Å². The SMILES string of the molecule is CCn1nccc1C(=O)N1CCn2c(nnc2[C@@H]2C[C@@H](O)CN2C)C1. The van der Waals surface area contributed by atoms with Crippen molar-refractivity contribution in [1.29, 1.82) is 0 Å². The summed E-state index contributed by atoms with van der Waals surface area (Å²) < 4.78 is 3.81. The van der Waals surface area contributed by atoms with E-state index in [1.54, 1.807) is 21.8 Å². The van der Waals surface area contributed by atoms with Gasteiger partial charge in [-0.2, -0.15) is 5.10 Å². The van der Waals surface area contributed by atoms with E-state index < -0.39 is 0 Å². The number of aryl methyl sites for hydroxylation is 1. The van der Waals surface area contributed by atoms with Crippen LogP contribution in [0, 0.1) is 0 Å². The van der Waals surface area contributed by atoms with Crippen molar-refractivity contribution in [3.05, 3.63) is 29.6 Å². The number of aliphatic hydroxyl groups excluding tert-OH is 1. The third-order valence-electron chi connectivity index (χ3n) is 5.13. The first-order chi connectivity index (χ1) is 12.1. The number of carbonyl (C=O) groups excluding carboxylic acids is 1. The van der Waals surface area contributed by atoms with Crippen molar-refractivity contribution < 1.29 is 9.90 Å². The molecule has 1 amide bonds. The number of carbonyl (C=O) groups is 1. The summed E-state index contributed by atoms with van der Waals surface area (Å²) in [6, 6.07) is 1.84. The van der Waals surface area contributed by atoms with E-state index in [9.17, 15) is 9.90 Å². The van der Waals surface area contributed by atoms with Gasteiger partial charge in [0.25, 0.3) is 5.91 Å². The number of amides is 1. The molecule has 25 heavy (non-hydrogen) atoms. The van der Waals surface area contributed by atoms with Crippen LogP contribution in [0.5, 0.6) is 0 Å². The smallest absolute Gasteiger partial charge is 0.272 e. The van der Waals surface area contributed by atoms with Crippen molar-refractivity contribution in [2.75, 3.05) is 20.1 Å². The summed E-state index contributed by atoms with van der Waals surface area (Å²) in [6.07, 6.45) is 2.01. The molecule has 0 unspecified atom stereocenters. The zero-order valence-corrected chi connectivity index (χ0v) is 14.5. The van der Waals surface area contributed by atoms with E-state index >= 15 is 0 Å². The lowest BCUT2D eigenvalue weighted by atomic mass is 10.2. The van der Waals surface area contributed by atoms with Crippen molar-refractivity contribution in [1.82, 2.24) is 34.3 Å². The van der Waals surface area contributed by atoms with Gasteiger partial charge in [0.05, 0.1) is 18.7 Å². The summed E-state index contributed by atoms with van der Waals surface area (Å²) >= 11 is 0. The molecular formula is C16H23N7O2. The quantitative estimate of drug-likeness (QED) is 0.834. The average Bonchev–Trinajstić information content (AvgIpc) is 3.31. The van der Waals surface area contributed by atoms with Crippen molar-refractivity contribution in [2.45, 2.75) is 45.1 Å². The first kappa shape index (κ1) is 16.2.